The zero-order valence-electron chi connectivity index (χ0n) is 8.08. The molecule has 7 nitrogen and oxygen atoms in total. The van der Waals surface area contributed by atoms with E-state index in [2.05, 4.69) is 9.97 Å². The molecule has 0 aliphatic heterocycles. The molecule has 0 radical (unpaired) electrons. The number of nitrogens with two attached hydrogens (primary N) is 1. The largest absolute Gasteiger partial charge is 0.494 e. The molecule has 0 fully saturated rings. The lowest BCUT2D eigenvalue weighted by Gasteiger charge is -2.07. The van der Waals surface area contributed by atoms with Crippen LogP contribution in [0.2, 0.25) is 0 Å². The van der Waals surface area contributed by atoms with Crippen molar-refractivity contribution in [2.24, 2.45) is 5.73 Å². The van der Waals surface area contributed by atoms with Crippen LogP contribution in [-0.2, 0) is 4.79 Å². The van der Waals surface area contributed by atoms with Gasteiger partial charge in [0.2, 0.25) is 0 Å². The molecule has 1 aromatic heterocycles. The Kier molecular flexibility index (Phi) is 3.81. The van der Waals surface area contributed by atoms with E-state index in [-0.39, 0.29) is 12.6 Å². The van der Waals surface area contributed by atoms with Crippen molar-refractivity contribution in [3.8, 4) is 11.8 Å². The minimum Gasteiger partial charge on any atom is -0.494 e. The van der Waals surface area contributed by atoms with Crippen LogP contribution in [-0.4, -0.2) is 40.8 Å². The van der Waals surface area contributed by atoms with Crippen molar-refractivity contribution in [2.45, 2.75) is 6.04 Å². The van der Waals surface area contributed by atoms with E-state index in [1.165, 1.54) is 19.5 Å². The van der Waals surface area contributed by atoms with Crippen LogP contribution in [0.15, 0.2) is 12.4 Å². The van der Waals surface area contributed by atoms with Gasteiger partial charge in [-0.2, -0.15) is 9.97 Å². The van der Waals surface area contributed by atoms with Gasteiger partial charge < -0.3 is 20.3 Å². The van der Waals surface area contributed by atoms with Crippen molar-refractivity contribution in [1.82, 2.24) is 9.97 Å². The summed E-state index contributed by atoms with van der Waals surface area (Å²) in [5, 5.41) is 8.48. The second-order valence-corrected chi connectivity index (χ2v) is 2.66. The monoisotopic (exact) mass is 213 g/mol. The number of aliphatic carboxylic acids is 1. The second kappa shape index (κ2) is 5.11. The van der Waals surface area contributed by atoms with Crippen LogP contribution in [0.5, 0.6) is 11.8 Å². The van der Waals surface area contributed by atoms with Gasteiger partial charge in [-0.05, 0) is 0 Å². The van der Waals surface area contributed by atoms with Crippen molar-refractivity contribution < 1.29 is 19.4 Å². The van der Waals surface area contributed by atoms with E-state index in [1.807, 2.05) is 0 Å². The molecule has 0 saturated heterocycles. The number of carboxylic acids is 1. The highest BCUT2D eigenvalue weighted by Gasteiger charge is 2.12. The third-order valence-electron chi connectivity index (χ3n) is 1.55. The Morgan fingerprint density at radius 1 is 1.60 bits per heavy atom. The number of carbonyl (C=O) groups is 1. The summed E-state index contributed by atoms with van der Waals surface area (Å²) in [4.78, 5) is 17.9. The van der Waals surface area contributed by atoms with Gasteiger partial charge >= 0.3 is 12.0 Å². The lowest BCUT2D eigenvalue weighted by atomic mass is 10.3. The molecule has 0 saturated carbocycles. The molecule has 1 atom stereocenters. The maximum atomic E-state index is 10.4. The first-order chi connectivity index (χ1) is 7.13. The van der Waals surface area contributed by atoms with Crippen molar-refractivity contribution in [1.29, 1.82) is 0 Å². The number of rotatable bonds is 5. The van der Waals surface area contributed by atoms with Crippen LogP contribution in [0.25, 0.3) is 0 Å². The topological polar surface area (TPSA) is 108 Å². The minimum atomic E-state index is -1.14. The zero-order valence-corrected chi connectivity index (χ0v) is 8.08. The summed E-state index contributed by atoms with van der Waals surface area (Å²) in [7, 11) is 1.49. The molecule has 0 aliphatic rings. The van der Waals surface area contributed by atoms with Gasteiger partial charge in [0.25, 0.3) is 0 Å². The molecule has 1 aromatic rings. The first-order valence-electron chi connectivity index (χ1n) is 4.10. The number of nitrogens with zero attached hydrogens (tertiary/aromatic N) is 2. The Hall–Kier alpha value is -1.89. The van der Waals surface area contributed by atoms with Gasteiger partial charge in [0.15, 0.2) is 5.75 Å². The maximum absolute atomic E-state index is 10.4. The Bertz CT molecular complexity index is 327. The smallest absolute Gasteiger partial charge is 0.324 e. The Morgan fingerprint density at radius 3 is 2.67 bits per heavy atom. The average Bonchev–Trinajstić information content (AvgIpc) is 2.26. The molecule has 1 heterocycles. The van der Waals surface area contributed by atoms with Gasteiger partial charge in [-0.15, -0.1) is 0 Å². The Labute approximate surface area is 85.9 Å². The first-order valence-corrected chi connectivity index (χ1v) is 4.10. The second-order valence-electron chi connectivity index (χ2n) is 2.66. The quantitative estimate of drug-likeness (QED) is 0.664. The molecule has 0 spiro atoms. The molecule has 1 unspecified atom stereocenters. The van der Waals surface area contributed by atoms with Gasteiger partial charge in [0.1, 0.15) is 12.6 Å². The standard InChI is InChI=1S/C8H11N3O4/c1-14-5-2-10-8(11-3-5)15-4-6(9)7(12)13/h2-3,6H,4,9H2,1H3,(H,12,13). The van der Waals surface area contributed by atoms with Gasteiger partial charge in [-0.3, -0.25) is 4.79 Å². The molecule has 0 aliphatic carbocycles. The summed E-state index contributed by atoms with van der Waals surface area (Å²) in [6, 6.07) is -1.02. The summed E-state index contributed by atoms with van der Waals surface area (Å²) in [6.07, 6.45) is 2.82. The molecule has 7 heteroatoms. The molecule has 15 heavy (non-hydrogen) atoms. The Morgan fingerprint density at radius 2 is 2.20 bits per heavy atom. The molecule has 0 amide bonds. The van der Waals surface area contributed by atoms with Crippen LogP contribution < -0.4 is 15.2 Å². The zero-order chi connectivity index (χ0) is 11.3. The van der Waals surface area contributed by atoms with Crippen molar-refractivity contribution in [3.63, 3.8) is 0 Å². The van der Waals surface area contributed by atoms with E-state index in [0.29, 0.717) is 5.75 Å². The van der Waals surface area contributed by atoms with E-state index in [1.54, 1.807) is 0 Å². The summed E-state index contributed by atoms with van der Waals surface area (Å²) in [6.45, 7) is -0.179. The summed E-state index contributed by atoms with van der Waals surface area (Å²) < 4.78 is 9.78. The van der Waals surface area contributed by atoms with E-state index in [4.69, 9.17) is 20.3 Å². The number of methoxy groups -OCH3 is 1. The molecule has 0 bridgehead atoms. The first kappa shape index (κ1) is 11.2. The highest BCUT2D eigenvalue weighted by atomic mass is 16.5. The van der Waals surface area contributed by atoms with Gasteiger partial charge in [-0.1, -0.05) is 0 Å². The SMILES string of the molecule is COc1cnc(OCC(N)C(=O)O)nc1. The van der Waals surface area contributed by atoms with E-state index in [0.717, 1.165) is 0 Å². The third kappa shape index (κ3) is 3.39. The summed E-state index contributed by atoms with van der Waals surface area (Å²) >= 11 is 0. The summed E-state index contributed by atoms with van der Waals surface area (Å²) in [5.41, 5.74) is 5.22. The number of ether oxygens (including phenoxy) is 2. The van der Waals surface area contributed by atoms with Crippen molar-refractivity contribution in [3.05, 3.63) is 12.4 Å². The number of hydrogen-bond donors (Lipinski definition) is 2. The van der Waals surface area contributed by atoms with Crippen LogP contribution in [0.1, 0.15) is 0 Å². The number of aromatic nitrogens is 2. The van der Waals surface area contributed by atoms with Crippen LogP contribution >= 0.6 is 0 Å². The van der Waals surface area contributed by atoms with Crippen molar-refractivity contribution in [2.75, 3.05) is 13.7 Å². The summed E-state index contributed by atoms with van der Waals surface area (Å²) in [5.74, 6) is -0.645. The van der Waals surface area contributed by atoms with E-state index >= 15 is 0 Å². The molecule has 1 rings (SSSR count). The van der Waals surface area contributed by atoms with Crippen LogP contribution in [0, 0.1) is 0 Å². The molecule has 82 valence electrons. The van der Waals surface area contributed by atoms with Crippen LogP contribution in [0.3, 0.4) is 0 Å². The molecule has 0 aromatic carbocycles. The fourth-order valence-corrected chi connectivity index (χ4v) is 0.720. The van der Waals surface area contributed by atoms with Gasteiger partial charge in [0.05, 0.1) is 19.5 Å². The van der Waals surface area contributed by atoms with E-state index < -0.39 is 12.0 Å². The molecule has 3 N–H and O–H groups in total. The molecular formula is C8H11N3O4. The lowest BCUT2D eigenvalue weighted by molar-refractivity contribution is -0.139. The fraction of sp³-hybridized carbons (Fsp3) is 0.375. The molecular weight excluding hydrogens is 202 g/mol. The van der Waals surface area contributed by atoms with Crippen molar-refractivity contribution >= 4 is 5.97 Å². The maximum Gasteiger partial charge on any atom is 0.324 e. The van der Waals surface area contributed by atoms with Gasteiger partial charge in [-0.25, -0.2) is 0 Å². The van der Waals surface area contributed by atoms with E-state index in [9.17, 15) is 4.79 Å². The van der Waals surface area contributed by atoms with Crippen LogP contribution in [0.4, 0.5) is 0 Å². The predicted octanol–water partition coefficient (Wildman–Crippen LogP) is -0.724. The number of carboxylic acid groups (broad SMARTS) is 1. The number of hydrogen-bond acceptors (Lipinski definition) is 6. The highest BCUT2D eigenvalue weighted by Crippen LogP contribution is 2.08. The normalized spacial score (nSPS) is 11.9. The third-order valence-corrected chi connectivity index (χ3v) is 1.55. The highest BCUT2D eigenvalue weighted by molar-refractivity contribution is 5.73. The Balaban J connectivity index is 2.47. The lowest BCUT2D eigenvalue weighted by Crippen LogP contribution is -2.36. The minimum absolute atomic E-state index is 0.0625. The predicted molar refractivity (Wildman–Crippen MR) is 49.7 cm³/mol. The van der Waals surface area contributed by atoms with Gasteiger partial charge in [0, 0.05) is 0 Å². The fourth-order valence-electron chi connectivity index (χ4n) is 0.720. The average molecular weight is 213 g/mol.